The Balaban J connectivity index is 1.38. The van der Waals surface area contributed by atoms with Crippen molar-refractivity contribution in [2.45, 2.75) is 33.0 Å². The number of nitrogens with one attached hydrogen (secondary N) is 2. The largest absolute Gasteiger partial charge is 0.441 e. The predicted octanol–water partition coefficient (Wildman–Crippen LogP) is 3.17. The summed E-state index contributed by atoms with van der Waals surface area (Å²) in [7, 11) is 0. The van der Waals surface area contributed by atoms with Crippen LogP contribution < -0.4 is 10.6 Å². The average molecular weight is 353 g/mol. The summed E-state index contributed by atoms with van der Waals surface area (Å²) < 4.78 is 5.68. The fourth-order valence-corrected chi connectivity index (χ4v) is 3.60. The van der Waals surface area contributed by atoms with Crippen molar-refractivity contribution in [2.75, 3.05) is 0 Å². The van der Waals surface area contributed by atoms with Crippen LogP contribution in [0.15, 0.2) is 39.4 Å². The van der Waals surface area contributed by atoms with E-state index in [1.807, 2.05) is 23.8 Å². The molecule has 0 unspecified atom stereocenters. The van der Waals surface area contributed by atoms with E-state index in [1.165, 1.54) is 11.1 Å². The first-order chi connectivity index (χ1) is 12.2. The zero-order valence-corrected chi connectivity index (χ0v) is 14.8. The zero-order chi connectivity index (χ0) is 17.2. The third-order valence-electron chi connectivity index (χ3n) is 4.38. The van der Waals surface area contributed by atoms with Gasteiger partial charge in [-0.25, -0.2) is 4.98 Å². The molecule has 0 bridgehead atoms. The van der Waals surface area contributed by atoms with Gasteiger partial charge in [0, 0.05) is 30.6 Å². The van der Waals surface area contributed by atoms with E-state index >= 15 is 0 Å². The van der Waals surface area contributed by atoms with Gasteiger partial charge in [0.1, 0.15) is 5.76 Å². The number of hydrogen-bond acceptors (Lipinski definition) is 5. The third kappa shape index (κ3) is 3.50. The molecule has 5 nitrogen and oxygen atoms in total. The van der Waals surface area contributed by atoms with E-state index in [0.717, 1.165) is 24.2 Å². The number of carbonyl (C=O) groups is 1. The molecule has 1 amide bonds. The van der Waals surface area contributed by atoms with E-state index in [0.29, 0.717) is 23.9 Å². The summed E-state index contributed by atoms with van der Waals surface area (Å²) in [6.07, 6.45) is 0.228. The molecule has 1 aliphatic heterocycles. The molecule has 25 heavy (non-hydrogen) atoms. The highest BCUT2D eigenvalue weighted by Crippen LogP contribution is 2.24. The molecule has 2 N–H and O–H groups in total. The van der Waals surface area contributed by atoms with E-state index in [2.05, 4.69) is 33.8 Å². The number of thiophene rings is 1. The summed E-state index contributed by atoms with van der Waals surface area (Å²) in [6, 6.07) is 8.32. The third-order valence-corrected chi connectivity index (χ3v) is 5.06. The quantitative estimate of drug-likeness (QED) is 0.739. The maximum Gasteiger partial charge on any atom is 0.227 e. The molecule has 0 atom stereocenters. The molecule has 2 aromatic heterocycles. The van der Waals surface area contributed by atoms with Crippen LogP contribution in [-0.2, 0) is 30.8 Å². The minimum Gasteiger partial charge on any atom is -0.441 e. The van der Waals surface area contributed by atoms with Gasteiger partial charge in [-0.2, -0.15) is 11.3 Å². The molecule has 0 saturated heterocycles. The lowest BCUT2D eigenvalue weighted by Crippen LogP contribution is -2.25. The van der Waals surface area contributed by atoms with Gasteiger partial charge in [-0.3, -0.25) is 4.79 Å². The SMILES string of the molecule is Cc1oc(-c2ccsc2)nc1CC(=O)NCc1ccc2c(c1)CNC2. The van der Waals surface area contributed by atoms with E-state index in [4.69, 9.17) is 4.42 Å². The molecule has 0 fully saturated rings. The van der Waals surface area contributed by atoms with Crippen molar-refractivity contribution >= 4 is 17.2 Å². The number of amides is 1. The number of rotatable bonds is 5. The lowest BCUT2D eigenvalue weighted by atomic mass is 10.1. The predicted molar refractivity (Wildman–Crippen MR) is 97.1 cm³/mol. The second-order valence-corrected chi connectivity index (χ2v) is 6.97. The second-order valence-electron chi connectivity index (χ2n) is 6.19. The first-order valence-electron chi connectivity index (χ1n) is 8.26. The standard InChI is InChI=1S/C19H19N3O2S/c1-12-17(22-19(24-12)15-4-5-25-11-15)7-18(23)21-8-13-2-3-14-9-20-10-16(14)6-13/h2-6,11,20H,7-10H2,1H3,(H,21,23). The molecule has 0 aliphatic carbocycles. The van der Waals surface area contributed by atoms with Gasteiger partial charge < -0.3 is 15.1 Å². The van der Waals surface area contributed by atoms with Crippen LogP contribution in [0.25, 0.3) is 11.5 Å². The molecule has 1 aromatic carbocycles. The van der Waals surface area contributed by atoms with E-state index < -0.39 is 0 Å². The summed E-state index contributed by atoms with van der Waals surface area (Å²) in [5.74, 6) is 1.22. The van der Waals surface area contributed by atoms with Crippen molar-refractivity contribution in [2.24, 2.45) is 0 Å². The maximum atomic E-state index is 12.3. The van der Waals surface area contributed by atoms with E-state index in [9.17, 15) is 4.79 Å². The lowest BCUT2D eigenvalue weighted by Gasteiger charge is -2.06. The van der Waals surface area contributed by atoms with Crippen LogP contribution in [0.1, 0.15) is 28.1 Å². The molecule has 6 heteroatoms. The molecule has 0 radical (unpaired) electrons. The normalized spacial score (nSPS) is 13.0. The van der Waals surface area contributed by atoms with Gasteiger partial charge in [0.25, 0.3) is 0 Å². The Hall–Kier alpha value is -2.44. The molecule has 4 rings (SSSR count). The number of carbonyl (C=O) groups excluding carboxylic acids is 1. The van der Waals surface area contributed by atoms with Crippen LogP contribution in [0, 0.1) is 6.92 Å². The Labute approximate surface area is 150 Å². The molecule has 128 valence electrons. The number of aryl methyl sites for hydroxylation is 1. The van der Waals surface area contributed by atoms with Crippen LogP contribution in [0.2, 0.25) is 0 Å². The first-order valence-corrected chi connectivity index (χ1v) is 9.20. The van der Waals surface area contributed by atoms with Gasteiger partial charge >= 0.3 is 0 Å². The minimum absolute atomic E-state index is 0.0492. The summed E-state index contributed by atoms with van der Waals surface area (Å²) >= 11 is 1.59. The van der Waals surface area contributed by atoms with Crippen LogP contribution in [0.3, 0.4) is 0 Å². The highest BCUT2D eigenvalue weighted by molar-refractivity contribution is 7.08. The van der Waals surface area contributed by atoms with Crippen molar-refractivity contribution in [3.05, 3.63) is 63.2 Å². The topological polar surface area (TPSA) is 67.2 Å². The summed E-state index contributed by atoms with van der Waals surface area (Å²) in [6.45, 7) is 4.21. The van der Waals surface area contributed by atoms with Crippen LogP contribution in [-0.4, -0.2) is 10.9 Å². The van der Waals surface area contributed by atoms with Crippen molar-refractivity contribution < 1.29 is 9.21 Å². The molecule has 1 aliphatic rings. The van der Waals surface area contributed by atoms with Crippen LogP contribution >= 0.6 is 11.3 Å². The maximum absolute atomic E-state index is 12.3. The Morgan fingerprint density at radius 1 is 1.32 bits per heavy atom. The molecule has 0 spiro atoms. The number of nitrogens with zero attached hydrogens (tertiary/aromatic N) is 1. The molecular weight excluding hydrogens is 334 g/mol. The van der Waals surface area contributed by atoms with Gasteiger partial charge in [0.15, 0.2) is 0 Å². The highest BCUT2D eigenvalue weighted by Gasteiger charge is 2.15. The monoisotopic (exact) mass is 353 g/mol. The Morgan fingerprint density at radius 2 is 2.20 bits per heavy atom. The Morgan fingerprint density at radius 3 is 3.04 bits per heavy atom. The summed E-state index contributed by atoms with van der Waals surface area (Å²) in [5, 5.41) is 10.3. The van der Waals surface area contributed by atoms with Gasteiger partial charge in [-0.1, -0.05) is 18.2 Å². The first kappa shape index (κ1) is 16.1. The fourth-order valence-electron chi connectivity index (χ4n) is 2.97. The number of hydrogen-bond donors (Lipinski definition) is 2. The summed E-state index contributed by atoms with van der Waals surface area (Å²) in [5.41, 5.74) is 5.42. The van der Waals surface area contributed by atoms with Crippen molar-refractivity contribution in [1.29, 1.82) is 0 Å². The Kier molecular flexibility index (Phi) is 4.38. The summed E-state index contributed by atoms with van der Waals surface area (Å²) in [4.78, 5) is 16.7. The van der Waals surface area contributed by atoms with Gasteiger partial charge in [0.05, 0.1) is 12.1 Å². The van der Waals surface area contributed by atoms with Gasteiger partial charge in [-0.15, -0.1) is 0 Å². The molecule has 0 saturated carbocycles. The van der Waals surface area contributed by atoms with Crippen molar-refractivity contribution in [1.82, 2.24) is 15.6 Å². The van der Waals surface area contributed by atoms with Crippen molar-refractivity contribution in [3.63, 3.8) is 0 Å². The average Bonchev–Trinajstić information content (AvgIpc) is 3.34. The molecular formula is C19H19N3O2S. The zero-order valence-electron chi connectivity index (χ0n) is 14.0. The molecule has 3 aromatic rings. The fraction of sp³-hybridized carbons (Fsp3) is 0.263. The highest BCUT2D eigenvalue weighted by atomic mass is 32.1. The van der Waals surface area contributed by atoms with E-state index in [1.54, 1.807) is 11.3 Å². The minimum atomic E-state index is -0.0492. The van der Waals surface area contributed by atoms with Gasteiger partial charge in [-0.05, 0) is 35.1 Å². The van der Waals surface area contributed by atoms with Gasteiger partial charge in [0.2, 0.25) is 11.8 Å². The second kappa shape index (κ2) is 6.82. The number of aromatic nitrogens is 1. The van der Waals surface area contributed by atoms with Crippen LogP contribution in [0.4, 0.5) is 0 Å². The lowest BCUT2D eigenvalue weighted by molar-refractivity contribution is -0.120. The van der Waals surface area contributed by atoms with Crippen molar-refractivity contribution in [3.8, 4) is 11.5 Å². The number of fused-ring (bicyclic) bond motifs is 1. The smallest absolute Gasteiger partial charge is 0.227 e. The van der Waals surface area contributed by atoms with E-state index in [-0.39, 0.29) is 12.3 Å². The number of benzene rings is 1. The number of oxazole rings is 1. The van der Waals surface area contributed by atoms with Crippen LogP contribution in [0.5, 0.6) is 0 Å². The molecule has 3 heterocycles. The Bertz CT molecular complexity index is 900.